The van der Waals surface area contributed by atoms with Crippen LogP contribution in [0.15, 0.2) is 48.6 Å². The van der Waals surface area contributed by atoms with Crippen molar-refractivity contribution in [3.63, 3.8) is 0 Å². The zero-order valence-electron chi connectivity index (χ0n) is 48.4. The van der Waals surface area contributed by atoms with Gasteiger partial charge in [0.05, 0.1) is 25.4 Å². The van der Waals surface area contributed by atoms with Crippen molar-refractivity contribution in [3.8, 4) is 0 Å². The van der Waals surface area contributed by atoms with Gasteiger partial charge in [0, 0.05) is 6.42 Å². The summed E-state index contributed by atoms with van der Waals surface area (Å²) in [6.45, 7) is 3.75. The highest BCUT2D eigenvalue weighted by atomic mass is 16.7. The number of hydrogen-bond donors (Lipinski definition) is 6. The SMILES string of the molecule is CC/C=C\C/C=C\C/C=C\C/C=C\CCCCCCCCCCCCCCCCCCCCCCCCCCC(=O)NC(COC1OC(CO)C(O)C(O)C1O)C(O)CCCCCCCCCCCCCCCC. The number of aliphatic hydroxyl groups is 5. The van der Waals surface area contributed by atoms with Gasteiger partial charge in [-0.1, -0.05) is 294 Å². The monoisotopic (exact) mass is 1040 g/mol. The molecule has 0 saturated carbocycles. The van der Waals surface area contributed by atoms with E-state index in [0.717, 1.165) is 64.2 Å². The van der Waals surface area contributed by atoms with E-state index in [2.05, 4.69) is 67.8 Å². The molecule has 1 aliphatic rings. The Morgan fingerprint density at radius 1 is 0.473 bits per heavy atom. The predicted octanol–water partition coefficient (Wildman–Crippen LogP) is 16.5. The first-order valence-electron chi connectivity index (χ1n) is 31.8. The Bertz CT molecular complexity index is 1300. The van der Waals surface area contributed by atoms with Crippen LogP contribution in [0.4, 0.5) is 0 Å². The number of aliphatic hydroxyl groups excluding tert-OH is 5. The van der Waals surface area contributed by atoms with Crippen LogP contribution in [-0.2, 0) is 14.3 Å². The maximum absolute atomic E-state index is 13.1. The minimum atomic E-state index is -1.55. The molecule has 1 aliphatic heterocycles. The number of rotatable bonds is 55. The Morgan fingerprint density at radius 3 is 1.24 bits per heavy atom. The molecular formula is C65H121NO8. The van der Waals surface area contributed by atoms with Crippen LogP contribution in [0.1, 0.15) is 303 Å². The third kappa shape index (κ3) is 43.2. The minimum absolute atomic E-state index is 0.134. The predicted molar refractivity (Wildman–Crippen MR) is 313 cm³/mol. The third-order valence-electron chi connectivity index (χ3n) is 15.2. The van der Waals surface area contributed by atoms with Crippen LogP contribution in [-0.4, -0.2) is 87.5 Å². The van der Waals surface area contributed by atoms with Crippen LogP contribution in [0, 0.1) is 0 Å². The summed E-state index contributed by atoms with van der Waals surface area (Å²) in [5.41, 5.74) is 0. The fraction of sp³-hybridized carbons (Fsp3) is 0.862. The summed E-state index contributed by atoms with van der Waals surface area (Å²) in [5.74, 6) is -0.139. The number of carbonyl (C=O) groups is 1. The molecule has 1 heterocycles. The van der Waals surface area contributed by atoms with Crippen molar-refractivity contribution in [1.82, 2.24) is 5.32 Å². The van der Waals surface area contributed by atoms with Gasteiger partial charge in [0.25, 0.3) is 0 Å². The van der Waals surface area contributed by atoms with Crippen molar-refractivity contribution in [3.05, 3.63) is 48.6 Å². The van der Waals surface area contributed by atoms with Crippen molar-refractivity contribution in [2.45, 2.75) is 346 Å². The summed E-state index contributed by atoms with van der Waals surface area (Å²) in [5, 5.41) is 54.7. The molecule has 0 bridgehead atoms. The van der Waals surface area contributed by atoms with Crippen LogP contribution in [0.3, 0.4) is 0 Å². The summed E-state index contributed by atoms with van der Waals surface area (Å²) in [7, 11) is 0. The number of carbonyl (C=O) groups excluding carboxylic acids is 1. The first kappa shape index (κ1) is 70.2. The lowest BCUT2D eigenvalue weighted by atomic mass is 9.99. The first-order valence-corrected chi connectivity index (χ1v) is 31.8. The molecular weight excluding hydrogens is 923 g/mol. The van der Waals surface area contributed by atoms with E-state index in [9.17, 15) is 30.3 Å². The Kier molecular flexibility index (Phi) is 51.7. The second-order valence-electron chi connectivity index (χ2n) is 22.2. The van der Waals surface area contributed by atoms with Crippen molar-refractivity contribution < 1.29 is 39.8 Å². The zero-order valence-corrected chi connectivity index (χ0v) is 48.4. The summed E-state index contributed by atoms with van der Waals surface area (Å²) < 4.78 is 11.3. The Balaban J connectivity index is 2.04. The molecule has 1 saturated heterocycles. The molecule has 0 aromatic heterocycles. The molecule has 0 aromatic carbocycles. The highest BCUT2D eigenvalue weighted by molar-refractivity contribution is 5.76. The van der Waals surface area contributed by atoms with E-state index in [-0.39, 0.29) is 12.5 Å². The summed E-state index contributed by atoms with van der Waals surface area (Å²) in [4.78, 5) is 13.1. The zero-order chi connectivity index (χ0) is 53.6. The maximum atomic E-state index is 13.1. The van der Waals surface area contributed by atoms with Crippen LogP contribution >= 0.6 is 0 Å². The molecule has 7 unspecified atom stereocenters. The lowest BCUT2D eigenvalue weighted by molar-refractivity contribution is -0.302. The molecule has 0 radical (unpaired) electrons. The first-order chi connectivity index (χ1) is 36.3. The molecule has 6 N–H and O–H groups in total. The number of ether oxygens (including phenoxy) is 2. The van der Waals surface area contributed by atoms with Gasteiger partial charge >= 0.3 is 0 Å². The number of hydrogen-bond acceptors (Lipinski definition) is 8. The van der Waals surface area contributed by atoms with Crippen molar-refractivity contribution >= 4 is 5.91 Å². The van der Waals surface area contributed by atoms with Gasteiger partial charge < -0.3 is 40.3 Å². The lowest BCUT2D eigenvalue weighted by Crippen LogP contribution is -2.60. The third-order valence-corrected chi connectivity index (χ3v) is 15.2. The van der Waals surface area contributed by atoms with Crippen LogP contribution in [0.25, 0.3) is 0 Å². The summed E-state index contributed by atoms with van der Waals surface area (Å²) in [6.07, 6.45) is 66.0. The average molecular weight is 1040 g/mol. The van der Waals surface area contributed by atoms with Gasteiger partial charge in [-0.3, -0.25) is 4.79 Å². The molecule has 0 aliphatic carbocycles. The Hall–Kier alpha value is -1.85. The van der Waals surface area contributed by atoms with Crippen molar-refractivity contribution in [1.29, 1.82) is 0 Å². The number of unbranched alkanes of at least 4 members (excludes halogenated alkanes) is 37. The Labute approximate surface area is 456 Å². The molecule has 0 aromatic rings. The molecule has 1 fully saturated rings. The number of nitrogens with one attached hydrogen (secondary N) is 1. The molecule has 0 spiro atoms. The normalized spacial score (nSPS) is 19.3. The van der Waals surface area contributed by atoms with Gasteiger partial charge in [-0.2, -0.15) is 0 Å². The number of allylic oxidation sites excluding steroid dienone is 8. The molecule has 9 heteroatoms. The van der Waals surface area contributed by atoms with E-state index in [4.69, 9.17) is 9.47 Å². The van der Waals surface area contributed by atoms with Crippen LogP contribution in [0.2, 0.25) is 0 Å². The van der Waals surface area contributed by atoms with Gasteiger partial charge in [-0.05, 0) is 51.4 Å². The topological polar surface area (TPSA) is 149 Å². The molecule has 1 amide bonds. The lowest BCUT2D eigenvalue weighted by Gasteiger charge is -2.40. The fourth-order valence-corrected chi connectivity index (χ4v) is 10.2. The van der Waals surface area contributed by atoms with Crippen LogP contribution in [0.5, 0.6) is 0 Å². The summed E-state index contributed by atoms with van der Waals surface area (Å²) >= 11 is 0. The Morgan fingerprint density at radius 2 is 0.838 bits per heavy atom. The molecule has 434 valence electrons. The molecule has 74 heavy (non-hydrogen) atoms. The van der Waals surface area contributed by atoms with E-state index in [1.165, 1.54) is 212 Å². The quantitative estimate of drug-likeness (QED) is 0.0261. The fourth-order valence-electron chi connectivity index (χ4n) is 10.2. The van der Waals surface area contributed by atoms with Crippen molar-refractivity contribution in [2.75, 3.05) is 13.2 Å². The van der Waals surface area contributed by atoms with Gasteiger partial charge in [-0.25, -0.2) is 0 Å². The van der Waals surface area contributed by atoms with Crippen LogP contribution < -0.4 is 5.32 Å². The van der Waals surface area contributed by atoms with Gasteiger partial charge in [0.1, 0.15) is 24.4 Å². The second-order valence-corrected chi connectivity index (χ2v) is 22.2. The van der Waals surface area contributed by atoms with Gasteiger partial charge in [0.2, 0.25) is 5.91 Å². The molecule has 9 nitrogen and oxygen atoms in total. The highest BCUT2D eigenvalue weighted by Crippen LogP contribution is 2.23. The largest absolute Gasteiger partial charge is 0.394 e. The van der Waals surface area contributed by atoms with Crippen molar-refractivity contribution in [2.24, 2.45) is 0 Å². The number of amides is 1. The minimum Gasteiger partial charge on any atom is -0.394 e. The molecule has 7 atom stereocenters. The van der Waals surface area contributed by atoms with Gasteiger partial charge in [-0.15, -0.1) is 0 Å². The van der Waals surface area contributed by atoms with E-state index in [0.29, 0.717) is 12.8 Å². The average Bonchev–Trinajstić information content (AvgIpc) is 3.40. The molecule has 1 rings (SSSR count). The van der Waals surface area contributed by atoms with E-state index < -0.39 is 49.5 Å². The summed E-state index contributed by atoms with van der Waals surface area (Å²) in [6, 6.07) is -0.717. The second kappa shape index (κ2) is 54.5. The standard InChI is InChI=1S/C65H121NO8/c1-3-5-7-9-11-13-15-17-19-20-21-22-23-24-25-26-27-28-29-30-31-32-33-34-35-36-37-38-39-40-41-43-45-47-49-51-53-55-61(69)66-58(57-73-65-64(72)63(71)62(70)60(56-67)74-65)59(68)54-52-50-48-46-44-42-18-16-14-12-10-8-6-4-2/h5,7,11,13,17,19,21-22,58-60,62-65,67-68,70-72H,3-4,6,8-10,12,14-16,18,20,23-57H2,1-2H3,(H,66,69)/b7-5-,13-11-,19-17-,22-21-. The van der Waals surface area contributed by atoms with Gasteiger partial charge in [0.15, 0.2) is 6.29 Å². The van der Waals surface area contributed by atoms with E-state index in [1.54, 1.807) is 0 Å². The van der Waals surface area contributed by atoms with E-state index >= 15 is 0 Å². The smallest absolute Gasteiger partial charge is 0.220 e. The highest BCUT2D eigenvalue weighted by Gasteiger charge is 2.44. The maximum Gasteiger partial charge on any atom is 0.220 e. The van der Waals surface area contributed by atoms with E-state index in [1.807, 2.05) is 0 Å².